The highest BCUT2D eigenvalue weighted by molar-refractivity contribution is 7.99. The fraction of sp³-hybridized carbons (Fsp3) is 0.462. The molecule has 2 heterocycles. The molecule has 0 aliphatic carbocycles. The van der Waals surface area contributed by atoms with E-state index in [4.69, 9.17) is 17.3 Å². The Bertz CT molecular complexity index is 561. The summed E-state index contributed by atoms with van der Waals surface area (Å²) in [6.07, 6.45) is 3.93. The Morgan fingerprint density at radius 2 is 2.33 bits per heavy atom. The van der Waals surface area contributed by atoms with Gasteiger partial charge in [-0.1, -0.05) is 18.0 Å². The minimum atomic E-state index is 0.596. The molecule has 0 saturated carbocycles. The minimum absolute atomic E-state index is 0.596. The summed E-state index contributed by atoms with van der Waals surface area (Å²) in [5.74, 6) is 1.86. The van der Waals surface area contributed by atoms with Crippen molar-refractivity contribution in [2.24, 2.45) is 0 Å². The Morgan fingerprint density at radius 3 is 3.11 bits per heavy atom. The van der Waals surface area contributed by atoms with Crippen LogP contribution in [0.2, 0.25) is 5.02 Å². The maximum absolute atomic E-state index is 6.06. The van der Waals surface area contributed by atoms with E-state index in [2.05, 4.69) is 9.55 Å². The first-order valence-electron chi connectivity index (χ1n) is 6.27. The van der Waals surface area contributed by atoms with Crippen LogP contribution in [-0.2, 0) is 6.54 Å². The molecule has 3 rings (SSSR count). The molecule has 5 heteroatoms. The summed E-state index contributed by atoms with van der Waals surface area (Å²) in [5, 5.41) is 1.39. The molecule has 1 fully saturated rings. The molecule has 3 nitrogen and oxygen atoms in total. The number of hydrogen-bond donors (Lipinski definition) is 1. The molecule has 1 atom stereocenters. The van der Waals surface area contributed by atoms with E-state index in [1.54, 1.807) is 0 Å². The van der Waals surface area contributed by atoms with Crippen molar-refractivity contribution in [2.45, 2.75) is 31.1 Å². The maximum atomic E-state index is 6.06. The molecule has 18 heavy (non-hydrogen) atoms. The van der Waals surface area contributed by atoms with Gasteiger partial charge in [0.1, 0.15) is 0 Å². The normalized spacial score (nSPS) is 20.4. The van der Waals surface area contributed by atoms with Crippen molar-refractivity contribution in [3.05, 3.63) is 23.2 Å². The third-order valence-electron chi connectivity index (χ3n) is 3.40. The van der Waals surface area contributed by atoms with Crippen LogP contribution in [0.3, 0.4) is 0 Å². The van der Waals surface area contributed by atoms with Crippen LogP contribution in [0.5, 0.6) is 0 Å². The second-order valence-corrected chi connectivity index (χ2v) is 6.55. The zero-order valence-electron chi connectivity index (χ0n) is 10.1. The number of nitrogens with two attached hydrogens (primary N) is 1. The summed E-state index contributed by atoms with van der Waals surface area (Å²) >= 11 is 8.10. The molecule has 1 unspecified atom stereocenters. The van der Waals surface area contributed by atoms with Crippen molar-refractivity contribution in [1.82, 2.24) is 9.55 Å². The number of aromatic nitrogens is 2. The molecule has 1 aromatic carbocycles. The summed E-state index contributed by atoms with van der Waals surface area (Å²) in [5.41, 5.74) is 8.00. The minimum Gasteiger partial charge on any atom is -0.369 e. The second-order valence-electron chi connectivity index (χ2n) is 4.70. The lowest BCUT2D eigenvalue weighted by atomic mass is 10.2. The van der Waals surface area contributed by atoms with Gasteiger partial charge in [0.2, 0.25) is 5.95 Å². The number of thioether (sulfide) groups is 1. The van der Waals surface area contributed by atoms with Crippen molar-refractivity contribution in [3.63, 3.8) is 0 Å². The summed E-state index contributed by atoms with van der Waals surface area (Å²) in [6.45, 7) is 0.938. The number of hydrogen-bond acceptors (Lipinski definition) is 3. The van der Waals surface area contributed by atoms with E-state index in [0.717, 1.165) is 22.6 Å². The van der Waals surface area contributed by atoms with Crippen molar-refractivity contribution in [1.29, 1.82) is 0 Å². The van der Waals surface area contributed by atoms with Gasteiger partial charge in [-0.15, -0.1) is 0 Å². The molecule has 0 radical (unpaired) electrons. The summed E-state index contributed by atoms with van der Waals surface area (Å²) in [7, 11) is 0. The van der Waals surface area contributed by atoms with E-state index in [9.17, 15) is 0 Å². The maximum Gasteiger partial charge on any atom is 0.201 e. The number of imidazole rings is 1. The van der Waals surface area contributed by atoms with Crippen LogP contribution < -0.4 is 5.73 Å². The Kier molecular flexibility index (Phi) is 3.39. The Morgan fingerprint density at radius 1 is 1.44 bits per heavy atom. The molecule has 0 bridgehead atoms. The monoisotopic (exact) mass is 281 g/mol. The molecule has 0 amide bonds. The molecule has 1 aliphatic rings. The van der Waals surface area contributed by atoms with Gasteiger partial charge in [-0.3, -0.25) is 0 Å². The highest BCUT2D eigenvalue weighted by atomic mass is 35.5. The van der Waals surface area contributed by atoms with Crippen LogP contribution in [0, 0.1) is 0 Å². The highest BCUT2D eigenvalue weighted by Crippen LogP contribution is 2.29. The van der Waals surface area contributed by atoms with E-state index in [-0.39, 0.29) is 0 Å². The number of halogens is 1. The summed E-state index contributed by atoms with van der Waals surface area (Å²) in [4.78, 5) is 4.39. The molecule has 2 aromatic rings. The second kappa shape index (κ2) is 5.02. The van der Waals surface area contributed by atoms with Gasteiger partial charge in [0.05, 0.1) is 11.0 Å². The molecule has 2 N–H and O–H groups in total. The van der Waals surface area contributed by atoms with Crippen LogP contribution in [0.1, 0.15) is 19.3 Å². The van der Waals surface area contributed by atoms with Crippen LogP contribution in [-0.4, -0.2) is 20.6 Å². The van der Waals surface area contributed by atoms with Crippen LogP contribution in [0.4, 0.5) is 5.95 Å². The first-order chi connectivity index (χ1) is 8.74. The molecule has 0 spiro atoms. The molecule has 1 saturated heterocycles. The number of anilines is 1. The average Bonchev–Trinajstić information content (AvgIpc) is 2.67. The lowest BCUT2D eigenvalue weighted by Gasteiger charge is -2.22. The number of rotatable bonds is 2. The van der Waals surface area contributed by atoms with Crippen molar-refractivity contribution in [3.8, 4) is 0 Å². The standard InChI is InChI=1S/C13H16ClN3S/c14-9-4-5-11-12(7-9)17(13(15)16-11)8-10-3-1-2-6-18-10/h4-5,7,10H,1-3,6,8H2,(H2,15,16). The van der Waals surface area contributed by atoms with Crippen molar-refractivity contribution >= 4 is 40.3 Å². The third kappa shape index (κ3) is 2.31. The SMILES string of the molecule is Nc1nc2ccc(Cl)cc2n1CC1CCCCS1. The third-order valence-corrected chi connectivity index (χ3v) is 5.02. The van der Waals surface area contributed by atoms with Gasteiger partial charge in [0, 0.05) is 16.8 Å². The zero-order chi connectivity index (χ0) is 12.5. The van der Waals surface area contributed by atoms with Gasteiger partial charge >= 0.3 is 0 Å². The number of nitrogen functional groups attached to an aromatic ring is 1. The van der Waals surface area contributed by atoms with E-state index in [1.165, 1.54) is 25.0 Å². The Labute approximate surface area is 116 Å². The summed E-state index contributed by atoms with van der Waals surface area (Å²) < 4.78 is 2.10. The average molecular weight is 282 g/mol. The fourth-order valence-electron chi connectivity index (χ4n) is 2.46. The number of fused-ring (bicyclic) bond motifs is 1. The lowest BCUT2D eigenvalue weighted by molar-refractivity contribution is 0.595. The van der Waals surface area contributed by atoms with E-state index >= 15 is 0 Å². The van der Waals surface area contributed by atoms with E-state index in [0.29, 0.717) is 11.2 Å². The van der Waals surface area contributed by atoms with E-state index < -0.39 is 0 Å². The first-order valence-corrected chi connectivity index (χ1v) is 7.69. The molecular weight excluding hydrogens is 266 g/mol. The highest BCUT2D eigenvalue weighted by Gasteiger charge is 2.17. The van der Waals surface area contributed by atoms with Gasteiger partial charge in [0.25, 0.3) is 0 Å². The largest absolute Gasteiger partial charge is 0.369 e. The van der Waals surface area contributed by atoms with Gasteiger partial charge in [-0.05, 0) is 36.8 Å². The summed E-state index contributed by atoms with van der Waals surface area (Å²) in [6, 6.07) is 5.74. The van der Waals surface area contributed by atoms with Gasteiger partial charge in [0.15, 0.2) is 0 Å². The van der Waals surface area contributed by atoms with Gasteiger partial charge < -0.3 is 10.3 Å². The number of nitrogens with zero attached hydrogens (tertiary/aromatic N) is 2. The topological polar surface area (TPSA) is 43.8 Å². The lowest BCUT2D eigenvalue weighted by Crippen LogP contribution is -2.18. The quantitative estimate of drug-likeness (QED) is 0.915. The zero-order valence-corrected chi connectivity index (χ0v) is 11.7. The number of benzene rings is 1. The Balaban J connectivity index is 1.94. The van der Waals surface area contributed by atoms with Crippen molar-refractivity contribution in [2.75, 3.05) is 11.5 Å². The first kappa shape index (κ1) is 12.2. The van der Waals surface area contributed by atoms with Crippen LogP contribution >= 0.6 is 23.4 Å². The predicted octanol–water partition coefficient (Wildman–Crippen LogP) is 3.56. The fourth-order valence-corrected chi connectivity index (χ4v) is 3.92. The predicted molar refractivity (Wildman–Crippen MR) is 79.3 cm³/mol. The van der Waals surface area contributed by atoms with Crippen LogP contribution in [0.15, 0.2) is 18.2 Å². The molecule has 96 valence electrons. The van der Waals surface area contributed by atoms with Gasteiger partial charge in [-0.25, -0.2) is 4.98 Å². The molecular formula is C13H16ClN3S. The van der Waals surface area contributed by atoms with Gasteiger partial charge in [-0.2, -0.15) is 11.8 Å². The molecule has 1 aliphatic heterocycles. The van der Waals surface area contributed by atoms with E-state index in [1.807, 2.05) is 30.0 Å². The van der Waals surface area contributed by atoms with Crippen molar-refractivity contribution < 1.29 is 0 Å². The molecule has 1 aromatic heterocycles. The smallest absolute Gasteiger partial charge is 0.201 e. The van der Waals surface area contributed by atoms with Crippen LogP contribution in [0.25, 0.3) is 11.0 Å². The Hall–Kier alpha value is -0.870.